The molecule has 1 aromatic carbocycles. The van der Waals surface area contributed by atoms with Crippen molar-refractivity contribution >= 4 is 11.7 Å². The average Bonchev–Trinajstić information content (AvgIpc) is 2.60. The summed E-state index contributed by atoms with van der Waals surface area (Å²) in [4.78, 5) is 20.6. The summed E-state index contributed by atoms with van der Waals surface area (Å²) in [5.41, 5.74) is 7.02. The number of amides is 1. The van der Waals surface area contributed by atoms with Gasteiger partial charge in [-0.2, -0.15) is 0 Å². The van der Waals surface area contributed by atoms with Gasteiger partial charge in [0.1, 0.15) is 12.4 Å². The SMILES string of the molecule is CC(=O)N1CCN(C/C(N)=N/OCCCOc2ccccc2C)CC1. The number of carbonyl (C=O) groups is 1. The highest BCUT2D eigenvalue weighted by Gasteiger charge is 2.18. The first-order chi connectivity index (χ1) is 12.1. The molecule has 2 rings (SSSR count). The van der Waals surface area contributed by atoms with Gasteiger partial charge < -0.3 is 20.2 Å². The summed E-state index contributed by atoms with van der Waals surface area (Å²) in [6.45, 7) is 8.30. The fraction of sp³-hybridized carbons (Fsp3) is 0.556. The lowest BCUT2D eigenvalue weighted by Gasteiger charge is -2.33. The van der Waals surface area contributed by atoms with Gasteiger partial charge in [0.2, 0.25) is 5.91 Å². The molecule has 7 heteroatoms. The molecule has 0 saturated carbocycles. The van der Waals surface area contributed by atoms with E-state index < -0.39 is 0 Å². The lowest BCUT2D eigenvalue weighted by molar-refractivity contribution is -0.130. The molecule has 0 atom stereocenters. The van der Waals surface area contributed by atoms with Crippen molar-refractivity contribution in [2.75, 3.05) is 45.9 Å². The third kappa shape index (κ3) is 6.62. The van der Waals surface area contributed by atoms with Crippen LogP contribution in [0.3, 0.4) is 0 Å². The number of para-hydroxylation sites is 1. The molecule has 0 aromatic heterocycles. The van der Waals surface area contributed by atoms with E-state index in [1.165, 1.54) is 0 Å². The first-order valence-electron chi connectivity index (χ1n) is 8.67. The minimum Gasteiger partial charge on any atom is -0.493 e. The Hall–Kier alpha value is -2.28. The number of aryl methyl sites for hydroxylation is 1. The fourth-order valence-electron chi connectivity index (χ4n) is 2.63. The second-order valence-electron chi connectivity index (χ2n) is 6.17. The fourth-order valence-corrected chi connectivity index (χ4v) is 2.63. The third-order valence-corrected chi connectivity index (χ3v) is 4.12. The summed E-state index contributed by atoms with van der Waals surface area (Å²) in [6, 6.07) is 7.92. The van der Waals surface area contributed by atoms with Gasteiger partial charge in [0.05, 0.1) is 13.2 Å². The molecule has 7 nitrogen and oxygen atoms in total. The number of nitrogens with two attached hydrogens (primary N) is 1. The number of oxime groups is 1. The molecular weight excluding hydrogens is 320 g/mol. The Kier molecular flexibility index (Phi) is 7.53. The van der Waals surface area contributed by atoms with Crippen LogP contribution in [0.25, 0.3) is 0 Å². The summed E-state index contributed by atoms with van der Waals surface area (Å²) >= 11 is 0. The Morgan fingerprint density at radius 3 is 2.60 bits per heavy atom. The molecule has 0 aliphatic carbocycles. The van der Waals surface area contributed by atoms with Crippen molar-refractivity contribution in [2.45, 2.75) is 20.3 Å². The molecule has 0 bridgehead atoms. The van der Waals surface area contributed by atoms with Crippen LogP contribution in [0.1, 0.15) is 18.9 Å². The highest BCUT2D eigenvalue weighted by molar-refractivity contribution is 5.81. The second-order valence-corrected chi connectivity index (χ2v) is 6.17. The van der Waals surface area contributed by atoms with Gasteiger partial charge in [-0.1, -0.05) is 23.4 Å². The Morgan fingerprint density at radius 2 is 1.92 bits per heavy atom. The molecule has 1 fully saturated rings. The summed E-state index contributed by atoms with van der Waals surface area (Å²) in [5, 5.41) is 3.95. The van der Waals surface area contributed by atoms with Crippen LogP contribution in [0.2, 0.25) is 0 Å². The summed E-state index contributed by atoms with van der Waals surface area (Å²) in [6.07, 6.45) is 0.738. The maximum Gasteiger partial charge on any atom is 0.219 e. The molecule has 0 unspecified atom stereocenters. The van der Waals surface area contributed by atoms with Crippen molar-refractivity contribution in [3.05, 3.63) is 29.8 Å². The number of ether oxygens (including phenoxy) is 1. The summed E-state index contributed by atoms with van der Waals surface area (Å²) in [7, 11) is 0. The van der Waals surface area contributed by atoms with Gasteiger partial charge in [-0.15, -0.1) is 0 Å². The van der Waals surface area contributed by atoms with Gasteiger partial charge in [0, 0.05) is 39.5 Å². The minimum absolute atomic E-state index is 0.123. The van der Waals surface area contributed by atoms with E-state index in [0.717, 1.165) is 43.9 Å². The van der Waals surface area contributed by atoms with Gasteiger partial charge in [0.25, 0.3) is 0 Å². The molecule has 1 amide bonds. The smallest absolute Gasteiger partial charge is 0.219 e. The minimum atomic E-state index is 0.123. The molecule has 0 radical (unpaired) electrons. The van der Waals surface area contributed by atoms with Crippen LogP contribution in [-0.4, -0.2) is 67.5 Å². The van der Waals surface area contributed by atoms with Crippen LogP contribution in [0.5, 0.6) is 5.75 Å². The van der Waals surface area contributed by atoms with Gasteiger partial charge in [-0.3, -0.25) is 9.69 Å². The summed E-state index contributed by atoms with van der Waals surface area (Å²) < 4.78 is 5.69. The molecule has 1 aliphatic rings. The molecule has 1 saturated heterocycles. The first-order valence-corrected chi connectivity index (χ1v) is 8.67. The Balaban J connectivity index is 1.57. The summed E-state index contributed by atoms with van der Waals surface area (Å²) in [5.74, 6) is 1.48. The highest BCUT2D eigenvalue weighted by atomic mass is 16.6. The zero-order valence-electron chi connectivity index (χ0n) is 15.1. The maximum absolute atomic E-state index is 11.3. The molecule has 138 valence electrons. The number of benzene rings is 1. The van der Waals surface area contributed by atoms with E-state index in [4.69, 9.17) is 15.3 Å². The number of carbonyl (C=O) groups excluding carboxylic acids is 1. The molecule has 1 aliphatic heterocycles. The molecule has 1 heterocycles. The molecular formula is C18H28N4O3. The quantitative estimate of drug-likeness (QED) is 0.331. The van der Waals surface area contributed by atoms with E-state index >= 15 is 0 Å². The standard InChI is InChI=1S/C18H28N4O3/c1-15-6-3-4-7-17(15)24-12-5-13-25-20-18(19)14-21-8-10-22(11-9-21)16(2)23/h3-4,6-7H,5,8-14H2,1-2H3,(H2,19,20). The molecule has 2 N–H and O–H groups in total. The second kappa shape index (κ2) is 9.88. The van der Waals surface area contributed by atoms with Crippen molar-refractivity contribution in [3.63, 3.8) is 0 Å². The first kappa shape index (κ1) is 19.1. The predicted molar refractivity (Wildman–Crippen MR) is 97.6 cm³/mol. The topological polar surface area (TPSA) is 80.4 Å². The number of hydrogen-bond donors (Lipinski definition) is 1. The Morgan fingerprint density at radius 1 is 1.20 bits per heavy atom. The van der Waals surface area contributed by atoms with Crippen molar-refractivity contribution in [2.24, 2.45) is 10.9 Å². The average molecular weight is 348 g/mol. The predicted octanol–water partition coefficient (Wildman–Crippen LogP) is 1.22. The van der Waals surface area contributed by atoms with Crippen LogP contribution in [-0.2, 0) is 9.63 Å². The third-order valence-electron chi connectivity index (χ3n) is 4.12. The van der Waals surface area contributed by atoms with Crippen molar-refractivity contribution in [3.8, 4) is 5.75 Å². The number of nitrogens with zero attached hydrogens (tertiary/aromatic N) is 3. The van der Waals surface area contributed by atoms with E-state index in [2.05, 4.69) is 10.1 Å². The van der Waals surface area contributed by atoms with Gasteiger partial charge in [0.15, 0.2) is 5.84 Å². The van der Waals surface area contributed by atoms with E-state index in [1.54, 1.807) is 6.92 Å². The van der Waals surface area contributed by atoms with Crippen molar-refractivity contribution in [1.82, 2.24) is 9.80 Å². The van der Waals surface area contributed by atoms with Crippen molar-refractivity contribution in [1.29, 1.82) is 0 Å². The molecule has 25 heavy (non-hydrogen) atoms. The maximum atomic E-state index is 11.3. The van der Waals surface area contributed by atoms with Crippen LogP contribution < -0.4 is 10.5 Å². The van der Waals surface area contributed by atoms with Crippen LogP contribution >= 0.6 is 0 Å². The number of rotatable bonds is 8. The normalized spacial score (nSPS) is 15.9. The largest absolute Gasteiger partial charge is 0.493 e. The zero-order valence-corrected chi connectivity index (χ0v) is 15.1. The number of amidine groups is 1. The molecule has 0 spiro atoms. The van der Waals surface area contributed by atoms with Gasteiger partial charge >= 0.3 is 0 Å². The van der Waals surface area contributed by atoms with E-state index in [0.29, 0.717) is 25.6 Å². The van der Waals surface area contributed by atoms with Crippen LogP contribution in [0.4, 0.5) is 0 Å². The van der Waals surface area contributed by atoms with Crippen molar-refractivity contribution < 1.29 is 14.4 Å². The Bertz CT molecular complexity index is 583. The lowest BCUT2D eigenvalue weighted by atomic mass is 10.2. The van der Waals surface area contributed by atoms with E-state index in [-0.39, 0.29) is 5.91 Å². The monoisotopic (exact) mass is 348 g/mol. The Labute approximate surface area is 149 Å². The van der Waals surface area contributed by atoms with E-state index in [1.807, 2.05) is 36.1 Å². The molecule has 1 aromatic rings. The lowest BCUT2D eigenvalue weighted by Crippen LogP contribution is -2.50. The number of hydrogen-bond acceptors (Lipinski definition) is 5. The van der Waals surface area contributed by atoms with Crippen LogP contribution in [0, 0.1) is 6.92 Å². The van der Waals surface area contributed by atoms with Gasteiger partial charge in [-0.25, -0.2) is 0 Å². The zero-order chi connectivity index (χ0) is 18.1. The van der Waals surface area contributed by atoms with Crippen LogP contribution in [0.15, 0.2) is 29.4 Å². The number of piperazine rings is 1. The highest BCUT2D eigenvalue weighted by Crippen LogP contribution is 2.16. The van der Waals surface area contributed by atoms with Gasteiger partial charge in [-0.05, 0) is 18.6 Å². The van der Waals surface area contributed by atoms with E-state index in [9.17, 15) is 4.79 Å².